The van der Waals surface area contributed by atoms with Gasteiger partial charge in [0.25, 0.3) is 0 Å². The maximum absolute atomic E-state index is 5.30. The first kappa shape index (κ1) is 38.4. The number of fused-ring (bicyclic) bond motifs is 11. The Hall–Kier alpha value is -7.24. The molecule has 1 unspecified atom stereocenters. The van der Waals surface area contributed by atoms with Gasteiger partial charge in [0.1, 0.15) is 0 Å². The van der Waals surface area contributed by atoms with Gasteiger partial charge in [-0.15, -0.1) is 0 Å². The van der Waals surface area contributed by atoms with Crippen molar-refractivity contribution in [3.63, 3.8) is 0 Å². The van der Waals surface area contributed by atoms with Crippen molar-refractivity contribution in [2.75, 3.05) is 0 Å². The van der Waals surface area contributed by atoms with Crippen molar-refractivity contribution in [2.24, 2.45) is 0 Å². The summed E-state index contributed by atoms with van der Waals surface area (Å²) in [6.07, 6.45) is 5.60. The molecule has 10 aromatic rings. The minimum absolute atomic E-state index is 0.00654. The Bertz CT molecular complexity index is 3430. The fraction of sp³-hybridized carbons (Fsp3) is 0.186. The van der Waals surface area contributed by atoms with Crippen molar-refractivity contribution in [3.05, 3.63) is 187 Å². The van der Waals surface area contributed by atoms with Gasteiger partial charge in [-0.3, -0.25) is 4.57 Å². The summed E-state index contributed by atoms with van der Waals surface area (Å²) in [5.41, 5.74) is 15.6. The molecule has 1 atom stereocenters. The number of benzene rings is 7. The lowest BCUT2D eigenvalue weighted by atomic mass is 9.68. The van der Waals surface area contributed by atoms with Crippen molar-refractivity contribution >= 4 is 32.6 Å². The van der Waals surface area contributed by atoms with Crippen LogP contribution in [0.4, 0.5) is 0 Å². The molecular formula is C59H50N5+. The van der Waals surface area contributed by atoms with Crippen LogP contribution in [0.3, 0.4) is 0 Å². The van der Waals surface area contributed by atoms with E-state index in [0.29, 0.717) is 23.5 Å². The second-order valence-electron chi connectivity index (χ2n) is 18.4. The Morgan fingerprint density at radius 1 is 0.516 bits per heavy atom. The van der Waals surface area contributed by atoms with Crippen LogP contribution in [0.5, 0.6) is 0 Å². The van der Waals surface area contributed by atoms with E-state index in [1.54, 1.807) is 0 Å². The standard InChI is InChI=1S/C59H50N5/c1-6-49-44-29-27-40(34-48(44)54-42-24-16-15-19-37(42)31-32-63(54)59(49,7-2)8-3)41-28-30-52-46(33-41)47-35-45-43-25-17-18-26-50(43)58(4,5)51(45)36-53(47)64(52)57-61-55(38-20-11-9-12-21-38)60-56(62-57)39-22-13-10-14-23-39/h9-36,49H,6-8H2,1-5H3/q+1. The molecule has 0 bridgehead atoms. The average molecular weight is 829 g/mol. The molecule has 5 heteroatoms. The molecule has 310 valence electrons. The monoisotopic (exact) mass is 828 g/mol. The van der Waals surface area contributed by atoms with E-state index >= 15 is 0 Å². The van der Waals surface area contributed by atoms with Gasteiger partial charge < -0.3 is 0 Å². The van der Waals surface area contributed by atoms with Crippen LogP contribution < -0.4 is 4.57 Å². The number of rotatable bonds is 7. The first-order valence-electron chi connectivity index (χ1n) is 23.0. The van der Waals surface area contributed by atoms with E-state index in [-0.39, 0.29) is 11.0 Å². The number of hydrogen-bond acceptors (Lipinski definition) is 3. The van der Waals surface area contributed by atoms with Gasteiger partial charge in [-0.1, -0.05) is 156 Å². The van der Waals surface area contributed by atoms with E-state index in [1.807, 2.05) is 36.4 Å². The Morgan fingerprint density at radius 2 is 1.16 bits per heavy atom. The molecule has 0 amide bonds. The summed E-state index contributed by atoms with van der Waals surface area (Å²) in [5, 5.41) is 4.93. The Kier molecular flexibility index (Phi) is 8.65. The summed E-state index contributed by atoms with van der Waals surface area (Å²) >= 11 is 0. The number of pyridine rings is 1. The Balaban J connectivity index is 1.12. The van der Waals surface area contributed by atoms with E-state index in [2.05, 4.69) is 177 Å². The van der Waals surface area contributed by atoms with Gasteiger partial charge in [0, 0.05) is 52.1 Å². The van der Waals surface area contributed by atoms with Gasteiger partial charge in [-0.05, 0) is 87.1 Å². The second kappa shape index (κ2) is 14.4. The first-order valence-corrected chi connectivity index (χ1v) is 23.0. The third-order valence-corrected chi connectivity index (χ3v) is 15.0. The van der Waals surface area contributed by atoms with Gasteiger partial charge >= 0.3 is 0 Å². The second-order valence-corrected chi connectivity index (χ2v) is 18.4. The van der Waals surface area contributed by atoms with Gasteiger partial charge in [0.15, 0.2) is 23.4 Å². The summed E-state index contributed by atoms with van der Waals surface area (Å²) in [7, 11) is 0. The third-order valence-electron chi connectivity index (χ3n) is 15.0. The average Bonchev–Trinajstić information content (AvgIpc) is 3.79. The van der Waals surface area contributed by atoms with Gasteiger partial charge in [0.2, 0.25) is 11.6 Å². The van der Waals surface area contributed by atoms with Crippen LogP contribution in [-0.4, -0.2) is 19.5 Å². The minimum Gasteiger partial charge on any atom is -0.278 e. The predicted molar refractivity (Wildman–Crippen MR) is 263 cm³/mol. The largest absolute Gasteiger partial charge is 0.278 e. The van der Waals surface area contributed by atoms with E-state index < -0.39 is 0 Å². The van der Waals surface area contributed by atoms with Crippen LogP contribution >= 0.6 is 0 Å². The first-order chi connectivity index (χ1) is 31.3. The van der Waals surface area contributed by atoms with Crippen LogP contribution in [0, 0.1) is 0 Å². The molecule has 2 aliphatic rings. The molecule has 3 aromatic heterocycles. The minimum atomic E-state index is -0.179. The molecule has 0 saturated carbocycles. The Labute approximate surface area is 374 Å². The summed E-state index contributed by atoms with van der Waals surface area (Å²) in [5.74, 6) is 2.29. The fourth-order valence-corrected chi connectivity index (χ4v) is 11.8. The molecule has 0 radical (unpaired) electrons. The van der Waals surface area contributed by atoms with Gasteiger partial charge in [0.05, 0.1) is 22.0 Å². The maximum Gasteiger partial charge on any atom is 0.238 e. The van der Waals surface area contributed by atoms with Crippen LogP contribution in [0.2, 0.25) is 0 Å². The summed E-state index contributed by atoms with van der Waals surface area (Å²) in [6.45, 7) is 11.8. The highest BCUT2D eigenvalue weighted by atomic mass is 15.2. The lowest BCUT2D eigenvalue weighted by Crippen LogP contribution is -2.62. The predicted octanol–water partition coefficient (Wildman–Crippen LogP) is 14.4. The molecule has 1 aliphatic heterocycles. The SMILES string of the molecule is CCC1c2ccc(-c3ccc4c(c3)c3cc5c(cc3n4-c3nc(-c4ccccc4)nc(-c4ccccc4)n3)C(C)(C)c3ccccc3-5)cc2-c2c3ccccc3cc[n+]2C1(CC)CC. The van der Waals surface area contributed by atoms with E-state index in [1.165, 1.54) is 71.7 Å². The highest BCUT2D eigenvalue weighted by Crippen LogP contribution is 2.52. The molecule has 7 aromatic carbocycles. The smallest absolute Gasteiger partial charge is 0.238 e. The molecule has 0 spiro atoms. The molecule has 0 N–H and O–H groups in total. The lowest BCUT2D eigenvalue weighted by Gasteiger charge is -2.40. The molecule has 5 nitrogen and oxygen atoms in total. The molecule has 12 rings (SSSR count). The molecular weight excluding hydrogens is 779 g/mol. The van der Waals surface area contributed by atoms with Crippen LogP contribution in [-0.2, 0) is 11.0 Å². The van der Waals surface area contributed by atoms with Crippen LogP contribution in [0.1, 0.15) is 76.5 Å². The number of nitrogens with zero attached hydrogens (tertiary/aromatic N) is 5. The van der Waals surface area contributed by atoms with Crippen molar-refractivity contribution in [1.82, 2.24) is 19.5 Å². The van der Waals surface area contributed by atoms with Crippen molar-refractivity contribution in [2.45, 2.75) is 70.8 Å². The number of hydrogen-bond donors (Lipinski definition) is 0. The highest BCUT2D eigenvalue weighted by Gasteiger charge is 2.51. The van der Waals surface area contributed by atoms with Gasteiger partial charge in [-0.25, -0.2) is 4.98 Å². The van der Waals surface area contributed by atoms with Crippen LogP contribution in [0.15, 0.2) is 170 Å². The zero-order chi connectivity index (χ0) is 43.3. The third kappa shape index (κ3) is 5.49. The zero-order valence-corrected chi connectivity index (χ0v) is 37.1. The van der Waals surface area contributed by atoms with Crippen LogP contribution in [0.25, 0.3) is 94.8 Å². The summed E-state index contributed by atoms with van der Waals surface area (Å²) in [4.78, 5) is 15.7. The van der Waals surface area contributed by atoms with E-state index in [4.69, 9.17) is 15.0 Å². The summed E-state index contributed by atoms with van der Waals surface area (Å²) < 4.78 is 4.93. The summed E-state index contributed by atoms with van der Waals surface area (Å²) in [6, 6.07) is 59.8. The highest BCUT2D eigenvalue weighted by molar-refractivity contribution is 6.12. The van der Waals surface area contributed by atoms with Crippen molar-refractivity contribution in [1.29, 1.82) is 0 Å². The topological polar surface area (TPSA) is 47.5 Å². The zero-order valence-electron chi connectivity index (χ0n) is 37.1. The number of aromatic nitrogens is 5. The molecule has 0 fully saturated rings. The van der Waals surface area contributed by atoms with Crippen molar-refractivity contribution < 1.29 is 4.57 Å². The quantitative estimate of drug-likeness (QED) is 0.150. The molecule has 1 aliphatic carbocycles. The fourth-order valence-electron chi connectivity index (χ4n) is 11.8. The molecule has 4 heterocycles. The molecule has 0 saturated heterocycles. The van der Waals surface area contributed by atoms with Gasteiger partial charge in [-0.2, -0.15) is 14.5 Å². The maximum atomic E-state index is 5.30. The van der Waals surface area contributed by atoms with E-state index in [9.17, 15) is 0 Å². The van der Waals surface area contributed by atoms with E-state index in [0.717, 1.165) is 41.4 Å². The van der Waals surface area contributed by atoms with Crippen molar-refractivity contribution in [3.8, 4) is 62.2 Å². The Morgan fingerprint density at radius 3 is 1.88 bits per heavy atom. The molecule has 64 heavy (non-hydrogen) atoms. The lowest BCUT2D eigenvalue weighted by molar-refractivity contribution is -0.761. The normalized spacial score (nSPS) is 15.5.